The second-order valence-corrected chi connectivity index (χ2v) is 4.51. The Morgan fingerprint density at radius 2 is 1.79 bits per heavy atom. The molecule has 1 saturated carbocycles. The zero-order chi connectivity index (χ0) is 10.8. The predicted molar refractivity (Wildman–Crippen MR) is 49.8 cm³/mol. The monoisotopic (exact) mass is 209 g/mol. The van der Waals surface area contributed by atoms with E-state index in [1.165, 1.54) is 0 Å². The van der Waals surface area contributed by atoms with Crippen LogP contribution >= 0.6 is 0 Å². The highest BCUT2D eigenvalue weighted by atomic mass is 19.4. The third kappa shape index (κ3) is 3.48. The summed E-state index contributed by atoms with van der Waals surface area (Å²) in [6.45, 7) is 2.08. The van der Waals surface area contributed by atoms with Crippen LogP contribution in [0.25, 0.3) is 0 Å². The minimum Gasteiger partial charge on any atom is -0.325 e. The third-order valence-corrected chi connectivity index (χ3v) is 3.23. The van der Waals surface area contributed by atoms with Gasteiger partial charge in [0.1, 0.15) is 0 Å². The van der Waals surface area contributed by atoms with Gasteiger partial charge in [-0.15, -0.1) is 0 Å². The van der Waals surface area contributed by atoms with Gasteiger partial charge >= 0.3 is 6.18 Å². The van der Waals surface area contributed by atoms with E-state index in [0.29, 0.717) is 18.8 Å². The largest absolute Gasteiger partial charge is 0.390 e. The molecule has 0 aliphatic heterocycles. The SMILES string of the molecule is CCC1CCC(N)(CC(F)(F)F)CC1. The normalized spacial score (nSPS) is 34.5. The summed E-state index contributed by atoms with van der Waals surface area (Å²) in [6.07, 6.45) is -1.14. The molecule has 84 valence electrons. The lowest BCUT2D eigenvalue weighted by Gasteiger charge is -2.37. The van der Waals surface area contributed by atoms with Gasteiger partial charge in [-0.3, -0.25) is 0 Å². The summed E-state index contributed by atoms with van der Waals surface area (Å²) >= 11 is 0. The molecule has 1 nitrogen and oxygen atoms in total. The molecule has 14 heavy (non-hydrogen) atoms. The summed E-state index contributed by atoms with van der Waals surface area (Å²) in [5.74, 6) is 0.583. The molecule has 0 aromatic heterocycles. The molecule has 1 aliphatic rings. The van der Waals surface area contributed by atoms with Gasteiger partial charge in [0.15, 0.2) is 0 Å². The van der Waals surface area contributed by atoms with Crippen molar-refractivity contribution in [3.05, 3.63) is 0 Å². The maximum absolute atomic E-state index is 12.2. The van der Waals surface area contributed by atoms with Crippen LogP contribution in [-0.4, -0.2) is 11.7 Å². The summed E-state index contributed by atoms with van der Waals surface area (Å²) in [5.41, 5.74) is 4.76. The fourth-order valence-electron chi connectivity index (χ4n) is 2.24. The summed E-state index contributed by atoms with van der Waals surface area (Å²) in [4.78, 5) is 0. The lowest BCUT2D eigenvalue weighted by atomic mass is 9.74. The van der Waals surface area contributed by atoms with Gasteiger partial charge in [0.2, 0.25) is 0 Å². The molecule has 0 aromatic carbocycles. The van der Waals surface area contributed by atoms with Gasteiger partial charge in [-0.1, -0.05) is 13.3 Å². The van der Waals surface area contributed by atoms with E-state index in [2.05, 4.69) is 6.92 Å². The molecule has 0 radical (unpaired) electrons. The van der Waals surface area contributed by atoms with Crippen molar-refractivity contribution in [2.75, 3.05) is 0 Å². The summed E-state index contributed by atoms with van der Waals surface area (Å²) < 4.78 is 36.6. The van der Waals surface area contributed by atoms with E-state index in [1.807, 2.05) is 0 Å². The van der Waals surface area contributed by atoms with Crippen molar-refractivity contribution in [2.24, 2.45) is 11.7 Å². The van der Waals surface area contributed by atoms with E-state index in [1.54, 1.807) is 0 Å². The van der Waals surface area contributed by atoms with Gasteiger partial charge in [-0.25, -0.2) is 0 Å². The summed E-state index contributed by atoms with van der Waals surface area (Å²) in [5, 5.41) is 0. The Bertz CT molecular complexity index is 180. The van der Waals surface area contributed by atoms with Gasteiger partial charge in [0, 0.05) is 5.54 Å². The Morgan fingerprint density at radius 3 is 2.14 bits per heavy atom. The summed E-state index contributed by atoms with van der Waals surface area (Å²) in [6, 6.07) is 0. The number of alkyl halides is 3. The molecule has 0 amide bonds. The summed E-state index contributed by atoms with van der Waals surface area (Å²) in [7, 11) is 0. The molecular weight excluding hydrogens is 191 g/mol. The maximum Gasteiger partial charge on any atom is 0.390 e. The fraction of sp³-hybridized carbons (Fsp3) is 1.00. The van der Waals surface area contributed by atoms with E-state index in [0.717, 1.165) is 19.3 Å². The van der Waals surface area contributed by atoms with Crippen molar-refractivity contribution >= 4 is 0 Å². The van der Waals surface area contributed by atoms with Crippen molar-refractivity contribution in [3.8, 4) is 0 Å². The van der Waals surface area contributed by atoms with Crippen molar-refractivity contribution in [1.82, 2.24) is 0 Å². The zero-order valence-electron chi connectivity index (χ0n) is 8.53. The van der Waals surface area contributed by atoms with E-state index in [9.17, 15) is 13.2 Å². The minimum absolute atomic E-state index is 0.519. The van der Waals surface area contributed by atoms with Crippen LogP contribution < -0.4 is 5.73 Å². The van der Waals surface area contributed by atoms with Gasteiger partial charge < -0.3 is 5.73 Å². The minimum atomic E-state index is -4.12. The molecule has 1 rings (SSSR count). The Balaban J connectivity index is 2.45. The Kier molecular flexibility index (Phi) is 3.45. The highest BCUT2D eigenvalue weighted by molar-refractivity contribution is 4.91. The van der Waals surface area contributed by atoms with Gasteiger partial charge in [0.25, 0.3) is 0 Å². The maximum atomic E-state index is 12.2. The third-order valence-electron chi connectivity index (χ3n) is 3.23. The molecule has 0 saturated heterocycles. The van der Waals surface area contributed by atoms with Crippen LogP contribution in [0.3, 0.4) is 0 Å². The molecule has 2 N–H and O–H groups in total. The van der Waals surface area contributed by atoms with E-state index >= 15 is 0 Å². The van der Waals surface area contributed by atoms with Crippen LogP contribution in [0, 0.1) is 5.92 Å². The van der Waals surface area contributed by atoms with Crippen molar-refractivity contribution in [2.45, 2.75) is 57.2 Å². The van der Waals surface area contributed by atoms with Crippen LogP contribution in [0.1, 0.15) is 45.4 Å². The first-order valence-electron chi connectivity index (χ1n) is 5.20. The molecule has 0 unspecified atom stereocenters. The zero-order valence-corrected chi connectivity index (χ0v) is 8.53. The van der Waals surface area contributed by atoms with Crippen LogP contribution in [0.15, 0.2) is 0 Å². The standard InChI is InChI=1S/C10H18F3N/c1-2-8-3-5-9(14,6-4-8)7-10(11,12)13/h8H,2-7,14H2,1H3. The van der Waals surface area contributed by atoms with Crippen molar-refractivity contribution in [3.63, 3.8) is 0 Å². The van der Waals surface area contributed by atoms with Gasteiger partial charge in [-0.2, -0.15) is 13.2 Å². The average molecular weight is 209 g/mol. The molecule has 0 spiro atoms. The molecule has 0 aromatic rings. The second-order valence-electron chi connectivity index (χ2n) is 4.51. The molecule has 0 bridgehead atoms. The number of halogens is 3. The van der Waals surface area contributed by atoms with E-state index in [-0.39, 0.29) is 0 Å². The van der Waals surface area contributed by atoms with Crippen LogP contribution in [0.4, 0.5) is 13.2 Å². The number of hydrogen-bond acceptors (Lipinski definition) is 1. The lowest BCUT2D eigenvalue weighted by Crippen LogP contribution is -2.46. The molecule has 1 fully saturated rings. The second kappa shape index (κ2) is 4.09. The molecule has 1 aliphatic carbocycles. The van der Waals surface area contributed by atoms with E-state index in [4.69, 9.17) is 5.73 Å². The average Bonchev–Trinajstić information content (AvgIpc) is 2.01. The Morgan fingerprint density at radius 1 is 1.29 bits per heavy atom. The number of hydrogen-bond donors (Lipinski definition) is 1. The highest BCUT2D eigenvalue weighted by Gasteiger charge is 2.41. The highest BCUT2D eigenvalue weighted by Crippen LogP contribution is 2.38. The van der Waals surface area contributed by atoms with Gasteiger partial charge in [0.05, 0.1) is 6.42 Å². The van der Waals surface area contributed by atoms with Crippen LogP contribution in [-0.2, 0) is 0 Å². The van der Waals surface area contributed by atoms with Crippen molar-refractivity contribution < 1.29 is 13.2 Å². The molecule has 0 atom stereocenters. The topological polar surface area (TPSA) is 26.0 Å². The van der Waals surface area contributed by atoms with Crippen LogP contribution in [0.2, 0.25) is 0 Å². The first-order valence-corrected chi connectivity index (χ1v) is 5.20. The predicted octanol–water partition coefficient (Wildman–Crippen LogP) is 3.24. The van der Waals surface area contributed by atoms with Crippen LogP contribution in [0.5, 0.6) is 0 Å². The first kappa shape index (κ1) is 11.8. The molecule has 4 heteroatoms. The smallest absolute Gasteiger partial charge is 0.325 e. The lowest BCUT2D eigenvalue weighted by molar-refractivity contribution is -0.150. The first-order chi connectivity index (χ1) is 6.35. The van der Waals surface area contributed by atoms with E-state index < -0.39 is 18.1 Å². The van der Waals surface area contributed by atoms with Gasteiger partial charge in [-0.05, 0) is 31.6 Å². The quantitative estimate of drug-likeness (QED) is 0.742. The molecular formula is C10H18F3N. The fourth-order valence-corrected chi connectivity index (χ4v) is 2.24. The Hall–Kier alpha value is -0.250. The number of rotatable bonds is 2. The number of nitrogens with two attached hydrogens (primary N) is 1. The Labute approximate surface area is 82.9 Å². The van der Waals surface area contributed by atoms with Crippen molar-refractivity contribution in [1.29, 1.82) is 0 Å². The molecule has 0 heterocycles.